The summed E-state index contributed by atoms with van der Waals surface area (Å²) in [4.78, 5) is 2.18. The van der Waals surface area contributed by atoms with Crippen molar-refractivity contribution in [3.8, 4) is 11.5 Å². The van der Waals surface area contributed by atoms with E-state index in [1.54, 1.807) is 0 Å². The van der Waals surface area contributed by atoms with E-state index in [-0.39, 0.29) is 29.1 Å². The molecule has 0 radical (unpaired) electrons. The lowest BCUT2D eigenvalue weighted by Gasteiger charge is -2.29. The van der Waals surface area contributed by atoms with Crippen molar-refractivity contribution in [2.24, 2.45) is 0 Å². The molecular weight excluding hydrogens is 297 g/mol. The zero-order chi connectivity index (χ0) is 15.0. The Bertz CT molecular complexity index is 641. The highest BCUT2D eigenvalue weighted by molar-refractivity contribution is 7.90. The number of rotatable bonds is 3. The van der Waals surface area contributed by atoms with Crippen LogP contribution in [-0.4, -0.2) is 51.9 Å². The van der Waals surface area contributed by atoms with Gasteiger partial charge in [-0.3, -0.25) is 4.90 Å². The molecule has 7 heteroatoms. The monoisotopic (exact) mass is 315 g/mol. The molecule has 1 aromatic rings. The van der Waals surface area contributed by atoms with E-state index < -0.39 is 15.7 Å². The molecule has 0 aliphatic carbocycles. The summed E-state index contributed by atoms with van der Waals surface area (Å²) in [5, 5.41) is 0. The first kappa shape index (κ1) is 14.6. The number of hydrogen-bond acceptors (Lipinski definition) is 5. The molecule has 0 N–H and O–H groups in total. The summed E-state index contributed by atoms with van der Waals surface area (Å²) >= 11 is 0. The molecule has 21 heavy (non-hydrogen) atoms. The predicted molar refractivity (Wildman–Crippen MR) is 75.1 cm³/mol. The van der Waals surface area contributed by atoms with Gasteiger partial charge in [-0.25, -0.2) is 12.8 Å². The molecule has 3 rings (SSSR count). The fourth-order valence-electron chi connectivity index (χ4n) is 2.72. The number of sulfone groups is 1. The molecule has 0 saturated carbocycles. The molecule has 2 aliphatic rings. The molecule has 0 bridgehead atoms. The van der Waals surface area contributed by atoms with Crippen molar-refractivity contribution in [2.45, 2.75) is 23.8 Å². The van der Waals surface area contributed by atoms with E-state index in [0.29, 0.717) is 6.54 Å². The second kappa shape index (κ2) is 5.46. The fourth-order valence-corrected chi connectivity index (χ4v) is 3.36. The molecule has 1 fully saturated rings. The molecule has 1 unspecified atom stereocenters. The highest BCUT2D eigenvalue weighted by Gasteiger charge is 2.28. The molecule has 5 nitrogen and oxygen atoms in total. The Morgan fingerprint density at radius 1 is 1.33 bits per heavy atom. The Balaban J connectivity index is 1.82. The van der Waals surface area contributed by atoms with Crippen LogP contribution < -0.4 is 9.47 Å². The Morgan fingerprint density at radius 2 is 2.05 bits per heavy atom. The quantitative estimate of drug-likeness (QED) is 0.845. The van der Waals surface area contributed by atoms with Gasteiger partial charge in [0.05, 0.1) is 4.90 Å². The van der Waals surface area contributed by atoms with Crippen LogP contribution in [0.4, 0.5) is 4.39 Å². The van der Waals surface area contributed by atoms with Crippen LogP contribution in [0.25, 0.3) is 0 Å². The molecule has 2 heterocycles. The van der Waals surface area contributed by atoms with Gasteiger partial charge in [-0.15, -0.1) is 0 Å². The lowest BCUT2D eigenvalue weighted by molar-refractivity contribution is 0.0613. The highest BCUT2D eigenvalue weighted by atomic mass is 32.2. The van der Waals surface area contributed by atoms with Crippen LogP contribution in [0.15, 0.2) is 17.0 Å². The van der Waals surface area contributed by atoms with Gasteiger partial charge in [-0.1, -0.05) is 0 Å². The Labute approximate surface area is 123 Å². The van der Waals surface area contributed by atoms with E-state index in [1.165, 1.54) is 18.9 Å². The first-order chi connectivity index (χ1) is 9.93. The average Bonchev–Trinajstić information content (AvgIpc) is 2.90. The minimum Gasteiger partial charge on any atom is -0.483 e. The summed E-state index contributed by atoms with van der Waals surface area (Å²) < 4.78 is 48.2. The fraction of sp³-hybridized carbons (Fsp3) is 0.571. The van der Waals surface area contributed by atoms with Crippen LogP contribution in [0.5, 0.6) is 11.5 Å². The first-order valence-electron chi connectivity index (χ1n) is 6.99. The second-order valence-corrected chi connectivity index (χ2v) is 7.58. The van der Waals surface area contributed by atoms with Crippen LogP contribution in [0.3, 0.4) is 0 Å². The predicted octanol–water partition coefficient (Wildman–Crippen LogP) is 1.46. The molecule has 0 amide bonds. The third-order valence-corrected chi connectivity index (χ3v) is 4.87. The number of ether oxygens (including phenoxy) is 2. The number of halogens is 1. The van der Waals surface area contributed by atoms with Crippen LogP contribution in [-0.2, 0) is 9.84 Å². The van der Waals surface area contributed by atoms with E-state index in [0.717, 1.165) is 25.4 Å². The molecule has 2 aliphatic heterocycles. The van der Waals surface area contributed by atoms with Gasteiger partial charge in [0.2, 0.25) is 0 Å². The number of benzene rings is 1. The molecule has 1 saturated heterocycles. The summed E-state index contributed by atoms with van der Waals surface area (Å²) in [5.74, 6) is -0.529. The van der Waals surface area contributed by atoms with E-state index >= 15 is 0 Å². The smallest absolute Gasteiger partial charge is 0.197 e. The molecule has 1 atom stereocenters. The minimum absolute atomic E-state index is 0.0000666. The number of hydrogen-bond donors (Lipinski definition) is 0. The van der Waals surface area contributed by atoms with Crippen LogP contribution in [0.1, 0.15) is 12.8 Å². The largest absolute Gasteiger partial charge is 0.483 e. The Morgan fingerprint density at radius 3 is 2.71 bits per heavy atom. The van der Waals surface area contributed by atoms with Crippen molar-refractivity contribution >= 4 is 9.84 Å². The van der Waals surface area contributed by atoms with Crippen LogP contribution in [0.2, 0.25) is 0 Å². The number of likely N-dealkylation sites (tertiary alicyclic amines) is 1. The highest BCUT2D eigenvalue weighted by Crippen LogP contribution is 2.37. The summed E-state index contributed by atoms with van der Waals surface area (Å²) in [6.45, 7) is 3.05. The normalized spacial score (nSPS) is 22.5. The maximum absolute atomic E-state index is 13.9. The van der Waals surface area contributed by atoms with Gasteiger partial charge in [0.1, 0.15) is 12.7 Å². The third kappa shape index (κ3) is 3.13. The maximum Gasteiger partial charge on any atom is 0.197 e. The molecule has 0 aromatic heterocycles. The van der Waals surface area contributed by atoms with Gasteiger partial charge in [0.25, 0.3) is 0 Å². The van der Waals surface area contributed by atoms with E-state index in [2.05, 4.69) is 4.90 Å². The first-order valence-corrected chi connectivity index (χ1v) is 8.88. The van der Waals surface area contributed by atoms with Crippen molar-refractivity contribution in [3.63, 3.8) is 0 Å². The van der Waals surface area contributed by atoms with Crippen molar-refractivity contribution in [3.05, 3.63) is 17.9 Å². The summed E-state index contributed by atoms with van der Waals surface area (Å²) in [7, 11) is -3.48. The van der Waals surface area contributed by atoms with E-state index in [9.17, 15) is 12.8 Å². The zero-order valence-corrected chi connectivity index (χ0v) is 12.7. The van der Waals surface area contributed by atoms with Gasteiger partial charge < -0.3 is 9.47 Å². The molecule has 1 aromatic carbocycles. The van der Waals surface area contributed by atoms with Crippen LogP contribution in [0, 0.1) is 5.82 Å². The van der Waals surface area contributed by atoms with Gasteiger partial charge >= 0.3 is 0 Å². The molecule has 0 spiro atoms. The molecule has 116 valence electrons. The van der Waals surface area contributed by atoms with E-state index in [1.807, 2.05) is 0 Å². The van der Waals surface area contributed by atoms with Crippen LogP contribution >= 0.6 is 0 Å². The lowest BCUT2D eigenvalue weighted by Crippen LogP contribution is -2.40. The zero-order valence-electron chi connectivity index (χ0n) is 11.8. The van der Waals surface area contributed by atoms with Gasteiger partial charge in [-0.2, -0.15) is 0 Å². The van der Waals surface area contributed by atoms with Crippen molar-refractivity contribution < 1.29 is 22.3 Å². The summed E-state index contributed by atoms with van der Waals surface area (Å²) in [6.07, 6.45) is 3.19. The standard InChI is InChI=1S/C14H18FNO4S/c1-21(17,18)11-6-12(15)14-13(7-11)20-10(9-19-14)8-16-4-2-3-5-16/h6-7,10H,2-5,8-9H2,1H3. The average molecular weight is 315 g/mol. The number of nitrogens with zero attached hydrogens (tertiary/aromatic N) is 1. The van der Waals surface area contributed by atoms with Crippen molar-refractivity contribution in [1.82, 2.24) is 4.90 Å². The Kier molecular flexibility index (Phi) is 3.79. The van der Waals surface area contributed by atoms with E-state index in [4.69, 9.17) is 9.47 Å². The molecular formula is C14H18FNO4S. The van der Waals surface area contributed by atoms with Crippen molar-refractivity contribution in [2.75, 3.05) is 32.5 Å². The van der Waals surface area contributed by atoms with Gasteiger partial charge in [0, 0.05) is 18.9 Å². The topological polar surface area (TPSA) is 55.8 Å². The Hall–Kier alpha value is -1.34. The van der Waals surface area contributed by atoms with Crippen molar-refractivity contribution in [1.29, 1.82) is 0 Å². The van der Waals surface area contributed by atoms with Gasteiger partial charge in [0.15, 0.2) is 27.2 Å². The number of fused-ring (bicyclic) bond motifs is 1. The third-order valence-electron chi connectivity index (χ3n) is 3.78. The second-order valence-electron chi connectivity index (χ2n) is 5.56. The maximum atomic E-state index is 13.9. The minimum atomic E-state index is -3.48. The summed E-state index contributed by atoms with van der Waals surface area (Å²) in [5.41, 5.74) is 0. The lowest BCUT2D eigenvalue weighted by atomic mass is 10.2. The van der Waals surface area contributed by atoms with Gasteiger partial charge in [-0.05, 0) is 32.0 Å². The summed E-state index contributed by atoms with van der Waals surface area (Å²) in [6, 6.07) is 2.31. The SMILES string of the molecule is CS(=O)(=O)c1cc(F)c2c(c1)OC(CN1CCCC1)CO2.